The molecule has 0 radical (unpaired) electrons. The van der Waals surface area contributed by atoms with Gasteiger partial charge in [0, 0.05) is 11.3 Å². The second kappa shape index (κ2) is 9.40. The monoisotopic (exact) mass is 462 g/mol. The van der Waals surface area contributed by atoms with Crippen LogP contribution in [0.15, 0.2) is 65.6 Å². The Morgan fingerprint density at radius 2 is 1.67 bits per heavy atom. The first kappa shape index (κ1) is 23.1. The average Bonchev–Trinajstić information content (AvgIpc) is 2.78. The third-order valence-electron chi connectivity index (χ3n) is 6.23. The van der Waals surface area contributed by atoms with E-state index < -0.39 is 10.0 Å². The summed E-state index contributed by atoms with van der Waals surface area (Å²) in [5.74, 6) is -0.299. The lowest BCUT2D eigenvalue weighted by atomic mass is 9.89. The van der Waals surface area contributed by atoms with Crippen LogP contribution in [0.1, 0.15) is 64.0 Å². The molecule has 4 rings (SSSR count). The van der Waals surface area contributed by atoms with Crippen LogP contribution < -0.4 is 10.0 Å². The van der Waals surface area contributed by atoms with E-state index in [9.17, 15) is 13.2 Å². The summed E-state index contributed by atoms with van der Waals surface area (Å²) in [6.07, 6.45) is 4.63. The molecule has 0 aromatic heterocycles. The van der Waals surface area contributed by atoms with Gasteiger partial charge in [0.15, 0.2) is 0 Å². The number of hydrogen-bond acceptors (Lipinski definition) is 3. The smallest absolute Gasteiger partial charge is 0.262 e. The molecule has 1 aliphatic rings. The minimum absolute atomic E-state index is 0.0955. The molecular weight excluding hydrogens is 432 g/mol. The van der Waals surface area contributed by atoms with E-state index in [2.05, 4.69) is 28.2 Å². The van der Waals surface area contributed by atoms with Crippen molar-refractivity contribution in [1.29, 1.82) is 0 Å². The zero-order valence-electron chi connectivity index (χ0n) is 19.3. The van der Waals surface area contributed by atoms with Gasteiger partial charge in [0.05, 0.1) is 10.9 Å². The fraction of sp³-hybridized carbons (Fsp3) is 0.296. The van der Waals surface area contributed by atoms with Gasteiger partial charge in [0.25, 0.3) is 15.9 Å². The maximum atomic E-state index is 13.0. The summed E-state index contributed by atoms with van der Waals surface area (Å²) in [6.45, 7) is 5.58. The number of fused-ring (bicyclic) bond motifs is 1. The molecule has 0 aliphatic heterocycles. The van der Waals surface area contributed by atoms with Crippen LogP contribution in [0.4, 0.5) is 5.69 Å². The van der Waals surface area contributed by atoms with Crippen molar-refractivity contribution in [2.45, 2.75) is 57.4 Å². The van der Waals surface area contributed by atoms with Crippen molar-refractivity contribution < 1.29 is 13.2 Å². The van der Waals surface area contributed by atoms with E-state index in [1.54, 1.807) is 37.3 Å². The Morgan fingerprint density at radius 3 is 2.42 bits per heavy atom. The van der Waals surface area contributed by atoms with E-state index in [-0.39, 0.29) is 16.8 Å². The molecule has 3 aromatic rings. The molecule has 0 saturated carbocycles. The number of nitrogens with one attached hydrogen (secondary N) is 2. The second-order valence-electron chi connectivity index (χ2n) is 8.89. The molecule has 0 saturated heterocycles. The molecule has 0 fully saturated rings. The van der Waals surface area contributed by atoms with Gasteiger partial charge in [-0.2, -0.15) is 0 Å². The van der Waals surface area contributed by atoms with Crippen LogP contribution in [-0.4, -0.2) is 14.3 Å². The average molecular weight is 463 g/mol. The first-order chi connectivity index (χ1) is 15.7. The number of sulfonamides is 1. The number of anilines is 1. The van der Waals surface area contributed by atoms with Crippen molar-refractivity contribution in [1.82, 2.24) is 5.32 Å². The quantitative estimate of drug-likeness (QED) is 0.510. The maximum Gasteiger partial charge on any atom is 0.262 e. The highest BCUT2D eigenvalue weighted by molar-refractivity contribution is 7.92. The highest BCUT2D eigenvalue weighted by Gasteiger charge is 2.21. The van der Waals surface area contributed by atoms with Crippen molar-refractivity contribution in [3.63, 3.8) is 0 Å². The Balaban J connectivity index is 1.53. The predicted molar refractivity (Wildman–Crippen MR) is 132 cm³/mol. The maximum absolute atomic E-state index is 13.0. The summed E-state index contributed by atoms with van der Waals surface area (Å²) in [6, 6.07) is 18.2. The summed E-state index contributed by atoms with van der Waals surface area (Å²) in [5, 5.41) is 3.02. The number of carbonyl (C=O) groups is 1. The van der Waals surface area contributed by atoms with Gasteiger partial charge in [0.1, 0.15) is 0 Å². The lowest BCUT2D eigenvalue weighted by molar-refractivity contribution is 0.0939. The third-order valence-corrected chi connectivity index (χ3v) is 7.75. The molecule has 3 aromatic carbocycles. The number of rotatable bonds is 6. The zero-order valence-corrected chi connectivity index (χ0v) is 20.1. The summed E-state index contributed by atoms with van der Waals surface area (Å²) >= 11 is 0. The molecule has 1 unspecified atom stereocenters. The minimum Gasteiger partial charge on any atom is -0.346 e. The van der Waals surface area contributed by atoms with Gasteiger partial charge in [0.2, 0.25) is 0 Å². The van der Waals surface area contributed by atoms with E-state index in [1.807, 2.05) is 19.9 Å². The van der Waals surface area contributed by atoms with Crippen molar-refractivity contribution >= 4 is 21.6 Å². The molecule has 6 heteroatoms. The highest BCUT2D eigenvalue weighted by atomic mass is 32.2. The van der Waals surface area contributed by atoms with Crippen LogP contribution in [0.25, 0.3) is 0 Å². The lowest BCUT2D eigenvalue weighted by Gasteiger charge is -2.20. The number of aryl methyl sites for hydroxylation is 4. The summed E-state index contributed by atoms with van der Waals surface area (Å²) < 4.78 is 28.7. The molecule has 1 aliphatic carbocycles. The largest absolute Gasteiger partial charge is 0.346 e. The number of carbonyl (C=O) groups excluding carboxylic acids is 1. The zero-order chi connectivity index (χ0) is 23.6. The Kier molecular flexibility index (Phi) is 6.56. The molecule has 0 spiro atoms. The molecule has 1 amide bonds. The van der Waals surface area contributed by atoms with E-state index in [0.29, 0.717) is 16.8 Å². The lowest BCUT2D eigenvalue weighted by Crippen LogP contribution is -2.27. The van der Waals surface area contributed by atoms with Crippen LogP contribution >= 0.6 is 0 Å². The number of amides is 1. The normalized spacial score (nSPS) is 14.3. The molecule has 2 N–H and O–H groups in total. The van der Waals surface area contributed by atoms with Crippen LogP contribution in [0.3, 0.4) is 0 Å². The van der Waals surface area contributed by atoms with Gasteiger partial charge in [-0.05, 0) is 98.5 Å². The molecule has 5 nitrogen and oxygen atoms in total. The summed E-state index contributed by atoms with van der Waals surface area (Å²) in [7, 11) is -3.84. The first-order valence-electron chi connectivity index (χ1n) is 11.4. The minimum atomic E-state index is -3.84. The van der Waals surface area contributed by atoms with Crippen molar-refractivity contribution in [2.24, 2.45) is 0 Å². The van der Waals surface area contributed by atoms with Gasteiger partial charge in [-0.25, -0.2) is 8.42 Å². The van der Waals surface area contributed by atoms with Gasteiger partial charge < -0.3 is 5.32 Å². The Morgan fingerprint density at radius 1 is 0.909 bits per heavy atom. The molecule has 0 heterocycles. The fourth-order valence-electron chi connectivity index (χ4n) is 4.34. The third kappa shape index (κ3) is 5.28. The fourth-order valence-corrected chi connectivity index (χ4v) is 5.66. The Labute approximate surface area is 196 Å². The molecule has 1 atom stereocenters. The number of benzene rings is 3. The van der Waals surface area contributed by atoms with E-state index >= 15 is 0 Å². The van der Waals surface area contributed by atoms with E-state index in [4.69, 9.17) is 0 Å². The SMILES string of the molecule is Cc1cccc(NS(=O)(=O)c2cc(C(=O)NC(C)c3ccc4c(c3)CCCC4)ccc2C)c1. The topological polar surface area (TPSA) is 75.3 Å². The standard InChI is InChI=1S/C27H30N2O3S/c1-18-7-6-10-25(15-18)29-33(31,32)26-17-24(12-11-19(26)2)27(30)28-20(3)22-14-13-21-8-4-5-9-23(21)16-22/h6-7,10-17,20,29H,4-5,8-9H2,1-3H3,(H,28,30). The van der Waals surface area contributed by atoms with Crippen molar-refractivity contribution in [3.05, 3.63) is 94.0 Å². The second-order valence-corrected chi connectivity index (χ2v) is 10.5. The molecule has 0 bridgehead atoms. The highest BCUT2D eigenvalue weighted by Crippen LogP contribution is 2.26. The van der Waals surface area contributed by atoms with Crippen LogP contribution in [0.5, 0.6) is 0 Å². The van der Waals surface area contributed by atoms with Crippen molar-refractivity contribution in [2.75, 3.05) is 4.72 Å². The van der Waals surface area contributed by atoms with E-state index in [1.165, 1.54) is 30.0 Å². The van der Waals surface area contributed by atoms with Gasteiger partial charge in [-0.15, -0.1) is 0 Å². The van der Waals surface area contributed by atoms with Gasteiger partial charge in [-0.1, -0.05) is 36.4 Å². The van der Waals surface area contributed by atoms with E-state index in [0.717, 1.165) is 24.0 Å². The van der Waals surface area contributed by atoms with Gasteiger partial charge in [-0.3, -0.25) is 9.52 Å². The Bertz CT molecular complexity index is 1300. The molecular formula is C27H30N2O3S. The van der Waals surface area contributed by atoms with Crippen LogP contribution in [-0.2, 0) is 22.9 Å². The number of hydrogen-bond donors (Lipinski definition) is 2. The van der Waals surface area contributed by atoms with Crippen LogP contribution in [0.2, 0.25) is 0 Å². The first-order valence-corrected chi connectivity index (χ1v) is 12.8. The predicted octanol–water partition coefficient (Wildman–Crippen LogP) is 5.47. The van der Waals surface area contributed by atoms with Gasteiger partial charge >= 0.3 is 0 Å². The summed E-state index contributed by atoms with van der Waals surface area (Å²) in [4.78, 5) is 13.1. The summed E-state index contributed by atoms with van der Waals surface area (Å²) in [5.41, 5.74) is 6.17. The molecule has 172 valence electrons. The van der Waals surface area contributed by atoms with Crippen molar-refractivity contribution in [3.8, 4) is 0 Å². The Hall–Kier alpha value is -3.12. The molecule has 33 heavy (non-hydrogen) atoms. The van der Waals surface area contributed by atoms with Crippen LogP contribution in [0, 0.1) is 13.8 Å².